The van der Waals surface area contributed by atoms with Crippen LogP contribution in [-0.4, -0.2) is 10.2 Å². The molecule has 0 fully saturated rings. The predicted molar refractivity (Wildman–Crippen MR) is 94.7 cm³/mol. The van der Waals surface area contributed by atoms with Crippen LogP contribution in [0.4, 0.5) is 0 Å². The van der Waals surface area contributed by atoms with Gasteiger partial charge in [-0.05, 0) is 43.2 Å². The van der Waals surface area contributed by atoms with E-state index in [2.05, 4.69) is 37.3 Å². The second kappa shape index (κ2) is 10.1. The minimum absolute atomic E-state index is 1.00. The maximum Gasteiger partial charge on any atom is 0.0791 e. The minimum Gasteiger partial charge on any atom is -0.516 e. The van der Waals surface area contributed by atoms with Crippen LogP contribution in [0.3, 0.4) is 0 Å². The molecule has 0 saturated heterocycles. The molecule has 2 heteroatoms. The van der Waals surface area contributed by atoms with Crippen molar-refractivity contribution in [2.45, 2.75) is 13.8 Å². The summed E-state index contributed by atoms with van der Waals surface area (Å²) in [6.07, 6.45) is 16.7. The third-order valence-corrected chi connectivity index (χ3v) is 2.88. The van der Waals surface area contributed by atoms with E-state index in [1.807, 2.05) is 31.2 Å². The molecule has 0 aromatic heterocycles. The first-order valence-electron chi connectivity index (χ1n) is 7.07. The van der Waals surface area contributed by atoms with Gasteiger partial charge in [0.05, 0.1) is 12.5 Å². The van der Waals surface area contributed by atoms with Gasteiger partial charge >= 0.3 is 0 Å². The van der Waals surface area contributed by atoms with Crippen molar-refractivity contribution in [2.75, 3.05) is 0 Å². The second-order valence-corrected chi connectivity index (χ2v) is 4.84. The Morgan fingerprint density at radius 2 is 1.55 bits per heavy atom. The summed E-state index contributed by atoms with van der Waals surface area (Å²) in [5.41, 5.74) is 4.36. The third-order valence-electron chi connectivity index (χ3n) is 2.88. The fourth-order valence-electron chi connectivity index (χ4n) is 1.70. The van der Waals surface area contributed by atoms with E-state index in [0.717, 1.165) is 29.2 Å². The van der Waals surface area contributed by atoms with Crippen LogP contribution >= 0.6 is 0 Å². The quantitative estimate of drug-likeness (QED) is 0.531. The number of hydrogen-bond donors (Lipinski definition) is 2. The highest BCUT2D eigenvalue weighted by molar-refractivity contribution is 5.60. The van der Waals surface area contributed by atoms with E-state index in [1.165, 1.54) is 5.56 Å². The number of hydrogen-bond acceptors (Lipinski definition) is 2. The molecule has 0 aliphatic carbocycles. The fraction of sp³-hybridized carbons (Fsp3) is 0.100. The van der Waals surface area contributed by atoms with E-state index in [-0.39, 0.29) is 0 Å². The Labute approximate surface area is 132 Å². The second-order valence-electron chi connectivity index (χ2n) is 4.84. The van der Waals surface area contributed by atoms with Crippen molar-refractivity contribution >= 4 is 6.08 Å². The lowest BCUT2D eigenvalue weighted by Gasteiger charge is -1.98. The Hall–Kier alpha value is -2.74. The highest BCUT2D eigenvalue weighted by atomic mass is 16.2. The summed E-state index contributed by atoms with van der Waals surface area (Å²) in [6.45, 7) is 4.01. The van der Waals surface area contributed by atoms with Crippen molar-refractivity contribution in [1.82, 2.24) is 0 Å². The Morgan fingerprint density at radius 3 is 2.18 bits per heavy atom. The van der Waals surface area contributed by atoms with Gasteiger partial charge in [0.15, 0.2) is 0 Å². The molecule has 0 radical (unpaired) electrons. The Balaban J connectivity index is 3.02. The van der Waals surface area contributed by atoms with Gasteiger partial charge in [-0.2, -0.15) is 0 Å². The summed E-state index contributed by atoms with van der Waals surface area (Å²) in [4.78, 5) is 0. The maximum absolute atomic E-state index is 8.70. The predicted octanol–water partition coefficient (Wildman–Crippen LogP) is 5.58. The maximum atomic E-state index is 8.70. The number of aliphatic hydroxyl groups excluding tert-OH is 2. The van der Waals surface area contributed by atoms with Gasteiger partial charge in [-0.3, -0.25) is 0 Å². The van der Waals surface area contributed by atoms with Gasteiger partial charge in [-0.25, -0.2) is 0 Å². The molecule has 0 spiro atoms. The molecule has 22 heavy (non-hydrogen) atoms. The molecule has 1 aromatic rings. The molecule has 114 valence electrons. The van der Waals surface area contributed by atoms with Crippen molar-refractivity contribution < 1.29 is 10.2 Å². The normalized spacial score (nSPS) is 14.1. The molecule has 0 heterocycles. The fourth-order valence-corrected chi connectivity index (χ4v) is 1.70. The van der Waals surface area contributed by atoms with Crippen LogP contribution in [0.25, 0.3) is 6.08 Å². The Morgan fingerprint density at radius 1 is 0.864 bits per heavy atom. The summed E-state index contributed by atoms with van der Waals surface area (Å²) in [6, 6.07) is 8.27. The lowest BCUT2D eigenvalue weighted by molar-refractivity contribution is 0.473. The minimum atomic E-state index is 1.00. The summed E-state index contributed by atoms with van der Waals surface area (Å²) in [7, 11) is 0. The lowest BCUT2D eigenvalue weighted by atomic mass is 10.1. The molecule has 0 unspecified atom stereocenters. The van der Waals surface area contributed by atoms with Crippen LogP contribution in [0.2, 0.25) is 0 Å². The third kappa shape index (κ3) is 7.15. The number of allylic oxidation sites excluding steroid dienone is 9. The standard InChI is InChI=1S/C20H22O2/c1-17(6-5-15-22)8-11-19(7-3-4-14-21)16-20-12-9-18(2)10-13-20/h3-16,21-22H,1-2H3/b7-3-,11-8-,14-4+,15-5+,17-6-,19-16+. The zero-order chi connectivity index (χ0) is 16.2. The molecular formula is C20H22O2. The summed E-state index contributed by atoms with van der Waals surface area (Å²) in [5, 5.41) is 17.4. The number of aryl methyl sites for hydroxylation is 1. The average molecular weight is 294 g/mol. The summed E-state index contributed by atoms with van der Waals surface area (Å²) < 4.78 is 0. The summed E-state index contributed by atoms with van der Waals surface area (Å²) >= 11 is 0. The molecule has 0 atom stereocenters. The van der Waals surface area contributed by atoms with Crippen LogP contribution in [0, 0.1) is 6.92 Å². The van der Waals surface area contributed by atoms with E-state index in [9.17, 15) is 0 Å². The molecule has 1 aromatic carbocycles. The molecule has 0 aliphatic heterocycles. The first-order valence-corrected chi connectivity index (χ1v) is 7.07. The average Bonchev–Trinajstić information content (AvgIpc) is 2.52. The van der Waals surface area contributed by atoms with Crippen LogP contribution in [-0.2, 0) is 0 Å². The van der Waals surface area contributed by atoms with E-state index in [1.54, 1.807) is 18.2 Å². The van der Waals surface area contributed by atoms with Gasteiger partial charge in [0.2, 0.25) is 0 Å². The van der Waals surface area contributed by atoms with Crippen molar-refractivity contribution in [1.29, 1.82) is 0 Å². The Bertz CT molecular complexity index is 624. The van der Waals surface area contributed by atoms with Crippen LogP contribution in [0.1, 0.15) is 18.1 Å². The van der Waals surface area contributed by atoms with Crippen LogP contribution in [0.15, 0.2) is 90.5 Å². The van der Waals surface area contributed by atoms with Gasteiger partial charge in [-0.1, -0.05) is 65.8 Å². The zero-order valence-corrected chi connectivity index (χ0v) is 13.0. The molecule has 0 aliphatic rings. The molecule has 0 saturated carbocycles. The van der Waals surface area contributed by atoms with Crippen molar-refractivity contribution in [3.8, 4) is 0 Å². The van der Waals surface area contributed by atoms with E-state index in [0.29, 0.717) is 0 Å². The number of aliphatic hydroxyl groups is 2. The molecule has 0 bridgehead atoms. The van der Waals surface area contributed by atoms with Crippen molar-refractivity contribution in [3.05, 3.63) is 102 Å². The van der Waals surface area contributed by atoms with Crippen molar-refractivity contribution in [3.63, 3.8) is 0 Å². The van der Waals surface area contributed by atoms with Gasteiger partial charge in [0.25, 0.3) is 0 Å². The van der Waals surface area contributed by atoms with Crippen LogP contribution < -0.4 is 0 Å². The van der Waals surface area contributed by atoms with E-state index >= 15 is 0 Å². The van der Waals surface area contributed by atoms with Crippen molar-refractivity contribution in [2.24, 2.45) is 0 Å². The highest BCUT2D eigenvalue weighted by Gasteiger charge is 1.91. The monoisotopic (exact) mass is 294 g/mol. The SMILES string of the molecule is CC(/C=C\C(\C=C/C=C/O)=C\c1ccc(C)cc1)=C/C=C/O. The molecule has 0 amide bonds. The van der Waals surface area contributed by atoms with Gasteiger partial charge in [0.1, 0.15) is 0 Å². The van der Waals surface area contributed by atoms with Gasteiger partial charge in [-0.15, -0.1) is 0 Å². The lowest BCUT2D eigenvalue weighted by Crippen LogP contribution is -1.78. The zero-order valence-electron chi connectivity index (χ0n) is 13.0. The topological polar surface area (TPSA) is 40.5 Å². The molecule has 2 N–H and O–H groups in total. The number of benzene rings is 1. The highest BCUT2D eigenvalue weighted by Crippen LogP contribution is 2.12. The summed E-state index contributed by atoms with van der Waals surface area (Å²) in [5.74, 6) is 0. The smallest absolute Gasteiger partial charge is 0.0791 e. The molecule has 1 rings (SSSR count). The first-order chi connectivity index (χ1) is 10.7. The molecule has 2 nitrogen and oxygen atoms in total. The Kier molecular flexibility index (Phi) is 7.91. The van der Waals surface area contributed by atoms with E-state index in [4.69, 9.17) is 10.2 Å². The van der Waals surface area contributed by atoms with Crippen LogP contribution in [0.5, 0.6) is 0 Å². The number of rotatable bonds is 6. The van der Waals surface area contributed by atoms with E-state index < -0.39 is 0 Å². The largest absolute Gasteiger partial charge is 0.516 e. The van der Waals surface area contributed by atoms with Gasteiger partial charge < -0.3 is 10.2 Å². The molecular weight excluding hydrogens is 272 g/mol. The first kappa shape index (κ1) is 17.3. The van der Waals surface area contributed by atoms with Gasteiger partial charge in [0, 0.05) is 0 Å².